The van der Waals surface area contributed by atoms with E-state index in [1.807, 2.05) is 25.7 Å². The van der Waals surface area contributed by atoms with Gasteiger partial charge in [-0.1, -0.05) is 20.8 Å². The Morgan fingerprint density at radius 2 is 1.83 bits per heavy atom. The predicted octanol–water partition coefficient (Wildman–Crippen LogP) is 3.48. The molecule has 2 aliphatic rings. The molecule has 0 bridgehead atoms. The lowest BCUT2D eigenvalue weighted by molar-refractivity contribution is -0.146. The maximum atomic E-state index is 13.0. The number of fused-ring (bicyclic) bond motifs is 1. The third-order valence-electron chi connectivity index (χ3n) is 5.33. The van der Waals surface area contributed by atoms with Crippen molar-refractivity contribution in [2.75, 3.05) is 19.6 Å². The van der Waals surface area contributed by atoms with E-state index in [4.69, 9.17) is 0 Å². The summed E-state index contributed by atoms with van der Waals surface area (Å²) < 4.78 is 0. The summed E-state index contributed by atoms with van der Waals surface area (Å²) in [5, 5.41) is 2.13. The van der Waals surface area contributed by atoms with Crippen LogP contribution < -0.4 is 0 Å². The minimum Gasteiger partial charge on any atom is -0.342 e. The molecular formula is C19H28N2O2S. The lowest BCUT2D eigenvalue weighted by atomic mass is 9.89. The van der Waals surface area contributed by atoms with Crippen molar-refractivity contribution >= 4 is 23.2 Å². The number of hydrogen-bond donors (Lipinski definition) is 0. The number of hydrogen-bond acceptors (Lipinski definition) is 3. The Morgan fingerprint density at radius 3 is 2.46 bits per heavy atom. The number of piperidine rings is 1. The monoisotopic (exact) mass is 348 g/mol. The quantitative estimate of drug-likeness (QED) is 0.779. The minimum absolute atomic E-state index is 0.0663. The van der Waals surface area contributed by atoms with Crippen molar-refractivity contribution < 1.29 is 9.59 Å². The van der Waals surface area contributed by atoms with E-state index in [0.29, 0.717) is 13.1 Å². The van der Waals surface area contributed by atoms with Crippen LogP contribution in [0.5, 0.6) is 0 Å². The molecule has 0 N–H and O–H groups in total. The number of amides is 2. The molecule has 4 nitrogen and oxygen atoms in total. The zero-order valence-electron chi connectivity index (χ0n) is 15.2. The highest BCUT2D eigenvalue weighted by atomic mass is 32.1. The molecule has 132 valence electrons. The first kappa shape index (κ1) is 17.5. The molecule has 1 saturated heterocycles. The van der Waals surface area contributed by atoms with Crippen LogP contribution in [0.25, 0.3) is 0 Å². The Kier molecular flexibility index (Phi) is 4.73. The van der Waals surface area contributed by atoms with Gasteiger partial charge in [-0.3, -0.25) is 9.59 Å². The van der Waals surface area contributed by atoms with Crippen molar-refractivity contribution in [3.63, 3.8) is 0 Å². The molecule has 5 heteroatoms. The second-order valence-electron chi connectivity index (χ2n) is 8.07. The Bertz CT molecular complexity index is 624. The predicted molar refractivity (Wildman–Crippen MR) is 96.9 cm³/mol. The average molecular weight is 349 g/mol. The summed E-state index contributed by atoms with van der Waals surface area (Å²) in [5.41, 5.74) is 0.980. The Hall–Kier alpha value is -1.36. The Labute approximate surface area is 148 Å². The van der Waals surface area contributed by atoms with Crippen molar-refractivity contribution in [3.05, 3.63) is 21.9 Å². The van der Waals surface area contributed by atoms with Crippen LogP contribution in [0, 0.1) is 11.3 Å². The maximum absolute atomic E-state index is 13.0. The van der Waals surface area contributed by atoms with Gasteiger partial charge < -0.3 is 9.80 Å². The summed E-state index contributed by atoms with van der Waals surface area (Å²) in [6, 6.07) is 2.34. The first-order valence-electron chi connectivity index (χ1n) is 8.95. The lowest BCUT2D eigenvalue weighted by Gasteiger charge is -2.39. The Balaban J connectivity index is 1.61. The number of carbonyl (C=O) groups is 2. The molecule has 1 atom stereocenters. The smallest absolute Gasteiger partial charge is 0.227 e. The first-order chi connectivity index (χ1) is 11.3. The standard InChI is InChI=1S/C19H28N2O2S/c1-13-15-8-12-24-16(15)7-11-21(13)17(22)14-5-9-20(10-6-14)18(23)19(2,3)4/h8,12-14H,5-7,9-11H2,1-4H3/t13-/m0/s1. The molecule has 1 aromatic rings. The normalized spacial score (nSPS) is 22.4. The van der Waals surface area contributed by atoms with E-state index < -0.39 is 0 Å². The van der Waals surface area contributed by atoms with E-state index in [2.05, 4.69) is 23.3 Å². The highest BCUT2D eigenvalue weighted by Crippen LogP contribution is 2.35. The van der Waals surface area contributed by atoms with Crippen LogP contribution >= 0.6 is 11.3 Å². The molecule has 0 spiro atoms. The van der Waals surface area contributed by atoms with E-state index in [0.717, 1.165) is 25.8 Å². The number of nitrogens with zero attached hydrogens (tertiary/aromatic N) is 2. The molecule has 0 aliphatic carbocycles. The van der Waals surface area contributed by atoms with Gasteiger partial charge in [-0.25, -0.2) is 0 Å². The number of rotatable bonds is 1. The molecular weight excluding hydrogens is 320 g/mol. The number of thiophene rings is 1. The van der Waals surface area contributed by atoms with Gasteiger partial charge in [-0.05, 0) is 43.2 Å². The van der Waals surface area contributed by atoms with Crippen LogP contribution in [0.3, 0.4) is 0 Å². The first-order valence-corrected chi connectivity index (χ1v) is 9.83. The minimum atomic E-state index is -0.340. The molecule has 3 rings (SSSR count). The van der Waals surface area contributed by atoms with Crippen LogP contribution in [0.4, 0.5) is 0 Å². The third-order valence-corrected chi connectivity index (χ3v) is 6.33. The van der Waals surface area contributed by atoms with Gasteiger partial charge in [0.05, 0.1) is 6.04 Å². The SMILES string of the molecule is C[C@H]1c2ccsc2CCN1C(=O)C1CCN(C(=O)C(C)(C)C)CC1. The van der Waals surface area contributed by atoms with E-state index in [-0.39, 0.29) is 29.2 Å². The van der Waals surface area contributed by atoms with Crippen LogP contribution in [0.1, 0.15) is 57.0 Å². The molecule has 3 heterocycles. The largest absolute Gasteiger partial charge is 0.342 e. The van der Waals surface area contributed by atoms with Gasteiger partial charge in [-0.2, -0.15) is 0 Å². The van der Waals surface area contributed by atoms with Crippen LogP contribution in [-0.4, -0.2) is 41.2 Å². The molecule has 1 aromatic heterocycles. The van der Waals surface area contributed by atoms with Gasteiger partial charge in [0.2, 0.25) is 11.8 Å². The van der Waals surface area contributed by atoms with Crippen molar-refractivity contribution in [3.8, 4) is 0 Å². The fraction of sp³-hybridized carbons (Fsp3) is 0.684. The highest BCUT2D eigenvalue weighted by molar-refractivity contribution is 7.10. The van der Waals surface area contributed by atoms with Crippen molar-refractivity contribution in [1.29, 1.82) is 0 Å². The highest BCUT2D eigenvalue weighted by Gasteiger charge is 2.36. The van der Waals surface area contributed by atoms with Crippen molar-refractivity contribution in [1.82, 2.24) is 9.80 Å². The van der Waals surface area contributed by atoms with E-state index in [1.165, 1.54) is 10.4 Å². The van der Waals surface area contributed by atoms with Crippen LogP contribution in [0.2, 0.25) is 0 Å². The van der Waals surface area contributed by atoms with Crippen molar-refractivity contribution in [2.24, 2.45) is 11.3 Å². The summed E-state index contributed by atoms with van der Waals surface area (Å²) in [4.78, 5) is 30.8. The summed E-state index contributed by atoms with van der Waals surface area (Å²) in [5.74, 6) is 0.543. The average Bonchev–Trinajstić information content (AvgIpc) is 3.03. The van der Waals surface area contributed by atoms with E-state index in [1.54, 1.807) is 11.3 Å². The van der Waals surface area contributed by atoms with Crippen LogP contribution in [-0.2, 0) is 16.0 Å². The Morgan fingerprint density at radius 1 is 1.17 bits per heavy atom. The second kappa shape index (κ2) is 6.51. The second-order valence-corrected chi connectivity index (χ2v) is 9.07. The molecule has 2 aliphatic heterocycles. The topological polar surface area (TPSA) is 40.6 Å². The summed E-state index contributed by atoms with van der Waals surface area (Å²) >= 11 is 1.80. The molecule has 1 fully saturated rings. The van der Waals surface area contributed by atoms with Crippen LogP contribution in [0.15, 0.2) is 11.4 Å². The van der Waals surface area contributed by atoms with Crippen molar-refractivity contribution in [2.45, 2.75) is 53.0 Å². The molecule has 0 unspecified atom stereocenters. The zero-order valence-corrected chi connectivity index (χ0v) is 16.0. The van der Waals surface area contributed by atoms with E-state index >= 15 is 0 Å². The van der Waals surface area contributed by atoms with Gasteiger partial charge >= 0.3 is 0 Å². The lowest BCUT2D eigenvalue weighted by Crippen LogP contribution is -2.48. The fourth-order valence-electron chi connectivity index (χ4n) is 3.85. The molecule has 0 radical (unpaired) electrons. The molecule has 2 amide bonds. The molecule has 0 saturated carbocycles. The number of likely N-dealkylation sites (tertiary alicyclic amines) is 1. The van der Waals surface area contributed by atoms with Gasteiger partial charge in [-0.15, -0.1) is 11.3 Å². The van der Waals surface area contributed by atoms with E-state index in [9.17, 15) is 9.59 Å². The zero-order chi connectivity index (χ0) is 17.5. The summed E-state index contributed by atoms with van der Waals surface area (Å²) in [6.45, 7) is 10.3. The third kappa shape index (κ3) is 3.23. The van der Waals surface area contributed by atoms with Gasteiger partial charge in [0.15, 0.2) is 0 Å². The number of carbonyl (C=O) groups excluding carboxylic acids is 2. The summed E-state index contributed by atoms with van der Waals surface area (Å²) in [6.07, 6.45) is 2.56. The maximum Gasteiger partial charge on any atom is 0.227 e. The molecule has 0 aromatic carbocycles. The van der Waals surface area contributed by atoms with Gasteiger partial charge in [0, 0.05) is 35.8 Å². The van der Waals surface area contributed by atoms with Gasteiger partial charge in [0.25, 0.3) is 0 Å². The van der Waals surface area contributed by atoms with Gasteiger partial charge in [0.1, 0.15) is 0 Å². The fourth-order valence-corrected chi connectivity index (χ4v) is 4.81. The molecule has 24 heavy (non-hydrogen) atoms. The summed E-state index contributed by atoms with van der Waals surface area (Å²) in [7, 11) is 0.